The zero-order valence-electron chi connectivity index (χ0n) is 7.79. The second kappa shape index (κ2) is 6.16. The van der Waals surface area contributed by atoms with Gasteiger partial charge < -0.3 is 10.6 Å². The van der Waals surface area contributed by atoms with Crippen LogP contribution in [0.1, 0.15) is 13.8 Å². The normalized spacial score (nSPS) is 10.3. The van der Waals surface area contributed by atoms with Crippen LogP contribution in [0.25, 0.3) is 0 Å². The predicted molar refractivity (Wildman–Crippen MR) is 55.5 cm³/mol. The van der Waals surface area contributed by atoms with Crippen LogP contribution in [0.15, 0.2) is 0 Å². The van der Waals surface area contributed by atoms with Gasteiger partial charge in [0.2, 0.25) is 0 Å². The van der Waals surface area contributed by atoms with E-state index in [1.807, 2.05) is 0 Å². The van der Waals surface area contributed by atoms with Crippen LogP contribution in [0.5, 0.6) is 0 Å². The number of nitrogens with two attached hydrogens (primary N) is 2. The fraction of sp³-hybridized carbons (Fsp3) is 0.857. The van der Waals surface area contributed by atoms with E-state index in [1.165, 1.54) is 5.01 Å². The molecule has 72 valence electrons. The van der Waals surface area contributed by atoms with Gasteiger partial charge in [0, 0.05) is 13.1 Å². The molecule has 0 saturated carbocycles. The number of hydrogen-bond donors (Lipinski definition) is 2. The van der Waals surface area contributed by atoms with Crippen molar-refractivity contribution in [1.82, 2.24) is 9.91 Å². The van der Waals surface area contributed by atoms with Gasteiger partial charge in [0.1, 0.15) is 0 Å². The van der Waals surface area contributed by atoms with Crippen LogP contribution < -0.4 is 11.6 Å². The number of rotatable bonds is 5. The van der Waals surface area contributed by atoms with E-state index in [1.54, 1.807) is 0 Å². The molecule has 0 fully saturated rings. The molecule has 5 heteroatoms. The Balaban J connectivity index is 3.58. The Labute approximate surface area is 79.5 Å². The Morgan fingerprint density at radius 2 is 1.75 bits per heavy atom. The number of hydrazine groups is 1. The average molecular weight is 190 g/mol. The van der Waals surface area contributed by atoms with Crippen molar-refractivity contribution in [2.45, 2.75) is 13.8 Å². The molecule has 0 bridgehead atoms. The van der Waals surface area contributed by atoms with Gasteiger partial charge in [0.05, 0.1) is 0 Å². The molecule has 0 aromatic carbocycles. The third-order valence-corrected chi connectivity index (χ3v) is 2.07. The highest BCUT2D eigenvalue weighted by Gasteiger charge is 2.02. The topological polar surface area (TPSA) is 58.5 Å². The Kier molecular flexibility index (Phi) is 5.96. The van der Waals surface area contributed by atoms with E-state index in [4.69, 9.17) is 23.8 Å². The summed E-state index contributed by atoms with van der Waals surface area (Å²) in [7, 11) is 0. The van der Waals surface area contributed by atoms with Crippen molar-refractivity contribution < 1.29 is 0 Å². The molecule has 0 radical (unpaired) electrons. The minimum atomic E-state index is 0.252. The molecule has 0 aliphatic carbocycles. The number of likely N-dealkylation sites (N-methyl/N-ethyl adjacent to an activating group) is 1. The van der Waals surface area contributed by atoms with Gasteiger partial charge >= 0.3 is 0 Å². The van der Waals surface area contributed by atoms with Gasteiger partial charge in [-0.25, -0.2) is 5.84 Å². The zero-order valence-corrected chi connectivity index (χ0v) is 8.60. The summed E-state index contributed by atoms with van der Waals surface area (Å²) in [4.78, 5) is 2.26. The summed E-state index contributed by atoms with van der Waals surface area (Å²) in [6, 6.07) is 0. The van der Waals surface area contributed by atoms with Crippen molar-refractivity contribution >= 4 is 17.3 Å². The molecule has 0 heterocycles. The lowest BCUT2D eigenvalue weighted by Crippen LogP contribution is -2.45. The molecular formula is C7H18N4S. The largest absolute Gasteiger partial charge is 0.375 e. The minimum absolute atomic E-state index is 0.252. The molecule has 0 aliphatic heterocycles. The smallest absolute Gasteiger partial charge is 0.180 e. The first-order chi connectivity index (χ1) is 5.61. The molecule has 4 N–H and O–H groups in total. The quantitative estimate of drug-likeness (QED) is 0.355. The Morgan fingerprint density at radius 1 is 1.25 bits per heavy atom. The lowest BCUT2D eigenvalue weighted by atomic mass is 10.4. The van der Waals surface area contributed by atoms with Crippen LogP contribution in [0.4, 0.5) is 0 Å². The molecular weight excluding hydrogens is 172 g/mol. The maximum atomic E-state index is 5.51. The summed E-state index contributed by atoms with van der Waals surface area (Å²) in [6.45, 7) is 7.89. The molecule has 4 nitrogen and oxygen atoms in total. The molecule has 0 atom stereocenters. The molecule has 0 aromatic heterocycles. The first-order valence-electron chi connectivity index (χ1n) is 4.15. The summed E-state index contributed by atoms with van der Waals surface area (Å²) in [5.74, 6) is 5.51. The van der Waals surface area contributed by atoms with E-state index in [0.29, 0.717) is 6.54 Å². The molecule has 0 aliphatic rings. The Hall–Kier alpha value is -0.390. The van der Waals surface area contributed by atoms with E-state index >= 15 is 0 Å². The van der Waals surface area contributed by atoms with Gasteiger partial charge in [-0.05, 0) is 25.3 Å². The zero-order chi connectivity index (χ0) is 9.56. The molecule has 0 unspecified atom stereocenters. The number of thiocarbonyl (C=S) groups is 1. The third kappa shape index (κ3) is 4.48. The average Bonchev–Trinajstić information content (AvgIpc) is 2.05. The fourth-order valence-corrected chi connectivity index (χ4v) is 0.990. The van der Waals surface area contributed by atoms with Crippen molar-refractivity contribution in [1.29, 1.82) is 0 Å². The highest BCUT2D eigenvalue weighted by molar-refractivity contribution is 7.80. The molecule has 0 amide bonds. The summed E-state index contributed by atoms with van der Waals surface area (Å²) in [6.07, 6.45) is 0. The second-order valence-electron chi connectivity index (χ2n) is 2.56. The van der Waals surface area contributed by atoms with Crippen LogP contribution in [0, 0.1) is 0 Å². The Bertz CT molecular complexity index is 135. The fourth-order valence-electron chi connectivity index (χ4n) is 0.899. The lowest BCUT2D eigenvalue weighted by Gasteiger charge is -2.22. The monoisotopic (exact) mass is 190 g/mol. The summed E-state index contributed by atoms with van der Waals surface area (Å²) < 4.78 is 0. The molecule has 0 saturated heterocycles. The summed E-state index contributed by atoms with van der Waals surface area (Å²) >= 11 is 4.70. The van der Waals surface area contributed by atoms with Gasteiger partial charge in [0.15, 0.2) is 5.11 Å². The van der Waals surface area contributed by atoms with E-state index in [-0.39, 0.29) is 5.11 Å². The minimum Gasteiger partial charge on any atom is -0.375 e. The molecule has 0 aromatic rings. The highest BCUT2D eigenvalue weighted by atomic mass is 32.1. The first-order valence-corrected chi connectivity index (χ1v) is 4.56. The maximum absolute atomic E-state index is 5.51. The molecule has 0 rings (SSSR count). The van der Waals surface area contributed by atoms with Crippen LogP contribution >= 0.6 is 12.2 Å². The van der Waals surface area contributed by atoms with Gasteiger partial charge in [-0.15, -0.1) is 0 Å². The van der Waals surface area contributed by atoms with Crippen molar-refractivity contribution in [2.75, 3.05) is 26.2 Å². The first kappa shape index (κ1) is 11.6. The van der Waals surface area contributed by atoms with E-state index < -0.39 is 0 Å². The summed E-state index contributed by atoms with van der Waals surface area (Å²) in [5, 5.41) is 1.65. The van der Waals surface area contributed by atoms with Crippen LogP contribution in [0.3, 0.4) is 0 Å². The van der Waals surface area contributed by atoms with Gasteiger partial charge in [-0.2, -0.15) is 0 Å². The number of nitrogens with zero attached hydrogens (tertiary/aromatic N) is 2. The second-order valence-corrected chi connectivity index (χ2v) is 2.98. The maximum Gasteiger partial charge on any atom is 0.180 e. The van der Waals surface area contributed by atoms with Crippen molar-refractivity contribution in [3.63, 3.8) is 0 Å². The molecule has 12 heavy (non-hydrogen) atoms. The van der Waals surface area contributed by atoms with Crippen LogP contribution in [0.2, 0.25) is 0 Å². The van der Waals surface area contributed by atoms with Crippen LogP contribution in [-0.4, -0.2) is 41.2 Å². The number of hydrogen-bond acceptors (Lipinski definition) is 3. The van der Waals surface area contributed by atoms with E-state index in [0.717, 1.165) is 19.6 Å². The van der Waals surface area contributed by atoms with Crippen molar-refractivity contribution in [3.8, 4) is 0 Å². The van der Waals surface area contributed by atoms with Gasteiger partial charge in [-0.1, -0.05) is 13.8 Å². The van der Waals surface area contributed by atoms with E-state index in [9.17, 15) is 0 Å². The third-order valence-electron chi connectivity index (χ3n) is 1.83. The Morgan fingerprint density at radius 3 is 2.08 bits per heavy atom. The molecule has 0 spiro atoms. The summed E-state index contributed by atoms with van der Waals surface area (Å²) in [5.41, 5.74) is 5.32. The van der Waals surface area contributed by atoms with Gasteiger partial charge in [-0.3, -0.25) is 5.01 Å². The highest BCUT2D eigenvalue weighted by Crippen LogP contribution is 1.87. The van der Waals surface area contributed by atoms with Gasteiger partial charge in [0.25, 0.3) is 0 Å². The predicted octanol–water partition coefficient (Wildman–Crippen LogP) is -0.252. The van der Waals surface area contributed by atoms with E-state index in [2.05, 4.69) is 18.7 Å². The van der Waals surface area contributed by atoms with Crippen LogP contribution in [-0.2, 0) is 0 Å². The SMILES string of the molecule is CCN(CC)CCN(N)C(N)=S. The van der Waals surface area contributed by atoms with Crippen molar-refractivity contribution in [3.05, 3.63) is 0 Å². The van der Waals surface area contributed by atoms with Crippen molar-refractivity contribution in [2.24, 2.45) is 11.6 Å². The standard InChI is InChI=1S/C7H18N4S/c1-3-10(4-2)5-6-11(9)7(8)12/h3-6,9H2,1-2H3,(H2,8,12). The lowest BCUT2D eigenvalue weighted by molar-refractivity contribution is 0.270.